The number of pyridine rings is 1. The summed E-state index contributed by atoms with van der Waals surface area (Å²) in [6.07, 6.45) is 1.64. The van der Waals surface area contributed by atoms with Crippen molar-refractivity contribution in [3.8, 4) is 0 Å². The van der Waals surface area contributed by atoms with Crippen molar-refractivity contribution in [2.24, 2.45) is 7.05 Å². The monoisotopic (exact) mass is 350 g/mol. The van der Waals surface area contributed by atoms with Crippen molar-refractivity contribution < 1.29 is 9.18 Å². The van der Waals surface area contributed by atoms with E-state index in [-0.39, 0.29) is 16.9 Å². The number of fused-ring (bicyclic) bond motifs is 2. The predicted molar refractivity (Wildman–Crippen MR) is 97.0 cm³/mol. The quantitative estimate of drug-likeness (QED) is 0.604. The third-order valence-corrected chi connectivity index (χ3v) is 4.38. The fraction of sp³-hybridized carbons (Fsp3) is 0.105. The second-order valence-electron chi connectivity index (χ2n) is 6.06. The smallest absolute Gasteiger partial charge is 0.272 e. The van der Waals surface area contributed by atoms with E-state index >= 15 is 0 Å². The molecule has 6 nitrogen and oxygen atoms in total. The van der Waals surface area contributed by atoms with Crippen LogP contribution in [0.15, 0.2) is 53.5 Å². The van der Waals surface area contributed by atoms with E-state index in [2.05, 4.69) is 10.3 Å². The van der Waals surface area contributed by atoms with Crippen molar-refractivity contribution in [1.82, 2.24) is 14.0 Å². The average Bonchev–Trinajstić information content (AvgIpc) is 2.96. The van der Waals surface area contributed by atoms with E-state index in [4.69, 9.17) is 0 Å². The minimum Gasteiger partial charge on any atom is -0.324 e. The Bertz CT molecular complexity index is 1240. The van der Waals surface area contributed by atoms with Gasteiger partial charge in [0.1, 0.15) is 22.8 Å². The molecule has 4 rings (SSSR count). The maximum absolute atomic E-state index is 13.8. The minimum absolute atomic E-state index is 0.0773. The zero-order valence-corrected chi connectivity index (χ0v) is 14.2. The van der Waals surface area contributed by atoms with Crippen LogP contribution in [0.2, 0.25) is 0 Å². The molecule has 0 unspecified atom stereocenters. The number of carbonyl (C=O) groups excluding carboxylic acids is 1. The Hall–Kier alpha value is -3.48. The van der Waals surface area contributed by atoms with E-state index in [1.807, 2.05) is 13.0 Å². The summed E-state index contributed by atoms with van der Waals surface area (Å²) in [4.78, 5) is 29.9. The molecule has 3 heterocycles. The van der Waals surface area contributed by atoms with Gasteiger partial charge in [0.25, 0.3) is 11.5 Å². The number of hydrogen-bond donors (Lipinski definition) is 1. The maximum Gasteiger partial charge on any atom is 0.272 e. The third kappa shape index (κ3) is 2.36. The van der Waals surface area contributed by atoms with Gasteiger partial charge < -0.3 is 9.88 Å². The van der Waals surface area contributed by atoms with Gasteiger partial charge in [-0.1, -0.05) is 18.2 Å². The molecule has 1 aromatic carbocycles. The lowest BCUT2D eigenvalue weighted by molar-refractivity contribution is 0.101. The Morgan fingerprint density at radius 1 is 1.15 bits per heavy atom. The van der Waals surface area contributed by atoms with E-state index in [0.29, 0.717) is 16.7 Å². The summed E-state index contributed by atoms with van der Waals surface area (Å²) in [6.45, 7) is 1.86. The largest absolute Gasteiger partial charge is 0.324 e. The number of anilines is 1. The molecule has 0 aliphatic heterocycles. The molecular weight excluding hydrogens is 335 g/mol. The molecule has 1 amide bonds. The molecule has 130 valence electrons. The molecule has 0 spiro atoms. The van der Waals surface area contributed by atoms with Crippen LogP contribution in [0.5, 0.6) is 0 Å². The van der Waals surface area contributed by atoms with Crippen LogP contribution >= 0.6 is 0 Å². The van der Waals surface area contributed by atoms with E-state index in [9.17, 15) is 14.0 Å². The normalized spacial score (nSPS) is 11.2. The molecule has 0 aliphatic rings. The molecule has 0 bridgehead atoms. The van der Waals surface area contributed by atoms with E-state index in [1.54, 1.807) is 36.0 Å². The Morgan fingerprint density at radius 3 is 2.69 bits per heavy atom. The van der Waals surface area contributed by atoms with Gasteiger partial charge in [0.2, 0.25) is 0 Å². The predicted octanol–water partition coefficient (Wildman–Crippen LogP) is 2.89. The second kappa shape index (κ2) is 5.80. The van der Waals surface area contributed by atoms with Gasteiger partial charge >= 0.3 is 0 Å². The van der Waals surface area contributed by atoms with Gasteiger partial charge in [-0.3, -0.25) is 14.0 Å². The van der Waals surface area contributed by atoms with Gasteiger partial charge in [0.05, 0.1) is 11.1 Å². The lowest BCUT2D eigenvalue weighted by Gasteiger charge is -2.07. The van der Waals surface area contributed by atoms with Crippen LogP contribution < -0.4 is 10.9 Å². The first-order valence-corrected chi connectivity index (χ1v) is 8.00. The summed E-state index contributed by atoms with van der Waals surface area (Å²) in [5.74, 6) is -1.04. The molecule has 0 saturated heterocycles. The molecule has 0 saturated carbocycles. The Labute approximate surface area is 147 Å². The van der Waals surface area contributed by atoms with E-state index in [0.717, 1.165) is 5.56 Å². The third-order valence-electron chi connectivity index (χ3n) is 4.38. The number of nitrogens with one attached hydrogen (secondary N) is 1. The highest BCUT2D eigenvalue weighted by Crippen LogP contribution is 2.19. The highest BCUT2D eigenvalue weighted by atomic mass is 19.1. The zero-order valence-electron chi connectivity index (χ0n) is 14.2. The molecular formula is C19H15FN4O2. The molecule has 4 aromatic rings. The molecule has 0 fully saturated rings. The SMILES string of the molecule is Cc1cccn2c(=O)c3cc(C(=O)Nc4ccccc4F)n(C)c3nc12. The average molecular weight is 350 g/mol. The fourth-order valence-corrected chi connectivity index (χ4v) is 3.00. The van der Waals surface area contributed by atoms with Crippen LogP contribution in [-0.2, 0) is 7.05 Å². The van der Waals surface area contributed by atoms with Crippen LogP contribution in [0.1, 0.15) is 16.1 Å². The fourth-order valence-electron chi connectivity index (χ4n) is 3.00. The summed E-state index contributed by atoms with van der Waals surface area (Å²) in [5, 5.41) is 2.86. The lowest BCUT2D eigenvalue weighted by Crippen LogP contribution is -2.16. The van der Waals surface area contributed by atoms with Gasteiger partial charge in [-0.25, -0.2) is 9.37 Å². The number of benzene rings is 1. The van der Waals surface area contributed by atoms with Crippen LogP contribution in [0.25, 0.3) is 16.7 Å². The van der Waals surface area contributed by atoms with Crippen molar-refractivity contribution in [3.63, 3.8) is 0 Å². The topological polar surface area (TPSA) is 68.4 Å². The number of aryl methyl sites for hydroxylation is 2. The number of hydrogen-bond acceptors (Lipinski definition) is 3. The second-order valence-corrected chi connectivity index (χ2v) is 6.06. The minimum atomic E-state index is -0.529. The van der Waals surface area contributed by atoms with Crippen molar-refractivity contribution in [2.45, 2.75) is 6.92 Å². The summed E-state index contributed by atoms with van der Waals surface area (Å²) < 4.78 is 16.8. The van der Waals surface area contributed by atoms with Gasteiger partial charge in [0, 0.05) is 13.2 Å². The van der Waals surface area contributed by atoms with Crippen molar-refractivity contribution in [2.75, 3.05) is 5.32 Å². The maximum atomic E-state index is 13.8. The van der Waals surface area contributed by atoms with Crippen LogP contribution in [0, 0.1) is 12.7 Å². The highest BCUT2D eigenvalue weighted by molar-refractivity contribution is 6.06. The Kier molecular flexibility index (Phi) is 3.57. The number of nitrogens with zero attached hydrogens (tertiary/aromatic N) is 3. The van der Waals surface area contributed by atoms with Gasteiger partial charge in [-0.2, -0.15) is 0 Å². The summed E-state index contributed by atoms with van der Waals surface area (Å²) in [5.41, 5.74) is 1.84. The number of amides is 1. The number of rotatable bonds is 2. The zero-order chi connectivity index (χ0) is 18.4. The van der Waals surface area contributed by atoms with Gasteiger partial charge in [-0.05, 0) is 36.8 Å². The standard InChI is InChI=1S/C19H15FN4O2/c1-11-6-5-9-24-16(11)22-17-12(19(24)26)10-15(23(17)2)18(25)21-14-8-4-3-7-13(14)20/h3-10H,1-2H3,(H,21,25). The lowest BCUT2D eigenvalue weighted by atomic mass is 10.2. The number of para-hydroxylation sites is 1. The molecule has 1 N–H and O–H groups in total. The summed E-state index contributed by atoms with van der Waals surface area (Å²) in [7, 11) is 1.65. The van der Waals surface area contributed by atoms with Crippen LogP contribution in [-0.4, -0.2) is 19.9 Å². The molecule has 7 heteroatoms. The van der Waals surface area contributed by atoms with Crippen molar-refractivity contribution in [1.29, 1.82) is 0 Å². The van der Waals surface area contributed by atoms with Crippen molar-refractivity contribution >= 4 is 28.3 Å². The first kappa shape index (κ1) is 16.0. The molecule has 0 atom stereocenters. The van der Waals surface area contributed by atoms with Gasteiger partial charge in [0.15, 0.2) is 0 Å². The molecule has 26 heavy (non-hydrogen) atoms. The Morgan fingerprint density at radius 2 is 1.92 bits per heavy atom. The number of carbonyl (C=O) groups is 1. The highest BCUT2D eigenvalue weighted by Gasteiger charge is 2.19. The number of aromatic nitrogens is 3. The summed E-state index contributed by atoms with van der Waals surface area (Å²) in [6, 6.07) is 11.0. The Balaban J connectivity index is 1.88. The van der Waals surface area contributed by atoms with Crippen molar-refractivity contribution in [3.05, 3.63) is 76.1 Å². The first-order valence-electron chi connectivity index (χ1n) is 8.00. The van der Waals surface area contributed by atoms with Gasteiger partial charge in [-0.15, -0.1) is 0 Å². The van der Waals surface area contributed by atoms with E-state index < -0.39 is 11.7 Å². The van der Waals surface area contributed by atoms with E-state index in [1.165, 1.54) is 22.6 Å². The molecule has 3 aromatic heterocycles. The van der Waals surface area contributed by atoms with Crippen LogP contribution in [0.3, 0.4) is 0 Å². The molecule has 0 aliphatic carbocycles. The first-order chi connectivity index (χ1) is 12.5. The summed E-state index contributed by atoms with van der Waals surface area (Å²) >= 11 is 0. The number of halogens is 1. The van der Waals surface area contributed by atoms with Crippen LogP contribution in [0.4, 0.5) is 10.1 Å². The molecule has 0 radical (unpaired) electrons.